The monoisotopic (exact) mass is 186 g/mol. The standard InChI is InChI=1S/C8H16NO2Si/c1-8(2,11-12)7-9-3-5-10-6-4-9/h3-7H2,1-2H3. The molecule has 0 saturated carbocycles. The Morgan fingerprint density at radius 3 is 2.50 bits per heavy atom. The van der Waals surface area contributed by atoms with Crippen LogP contribution in [-0.2, 0) is 9.16 Å². The lowest BCUT2D eigenvalue weighted by atomic mass is 10.1. The highest BCUT2D eigenvalue weighted by Crippen LogP contribution is 2.10. The minimum atomic E-state index is -0.117. The first-order valence-corrected chi connectivity index (χ1v) is 4.70. The van der Waals surface area contributed by atoms with Gasteiger partial charge in [-0.3, -0.25) is 4.90 Å². The average molecular weight is 186 g/mol. The van der Waals surface area contributed by atoms with E-state index in [1.165, 1.54) is 0 Å². The molecule has 0 spiro atoms. The molecular formula is C8H16NO2Si. The lowest BCUT2D eigenvalue weighted by molar-refractivity contribution is -0.00101. The normalized spacial score (nSPS) is 21.2. The van der Waals surface area contributed by atoms with E-state index in [1.54, 1.807) is 0 Å². The van der Waals surface area contributed by atoms with Gasteiger partial charge in [-0.2, -0.15) is 0 Å². The van der Waals surface area contributed by atoms with E-state index in [4.69, 9.17) is 9.16 Å². The number of rotatable bonds is 3. The number of hydrogen-bond donors (Lipinski definition) is 0. The van der Waals surface area contributed by atoms with E-state index in [1.807, 2.05) is 0 Å². The van der Waals surface area contributed by atoms with Gasteiger partial charge in [0.15, 0.2) is 0 Å². The maximum Gasteiger partial charge on any atom is 0.247 e. The third-order valence-electron chi connectivity index (χ3n) is 1.98. The number of hydrogen-bond acceptors (Lipinski definition) is 3. The largest absolute Gasteiger partial charge is 0.412 e. The second kappa shape index (κ2) is 4.37. The van der Waals surface area contributed by atoms with Gasteiger partial charge in [-0.1, -0.05) is 0 Å². The smallest absolute Gasteiger partial charge is 0.247 e. The molecule has 1 fully saturated rings. The molecular weight excluding hydrogens is 170 g/mol. The number of ether oxygens (including phenoxy) is 1. The number of nitrogens with zero attached hydrogens (tertiary/aromatic N) is 1. The van der Waals surface area contributed by atoms with Crippen molar-refractivity contribution >= 4 is 10.5 Å². The van der Waals surface area contributed by atoms with Crippen LogP contribution in [-0.4, -0.2) is 53.8 Å². The van der Waals surface area contributed by atoms with Gasteiger partial charge in [0.05, 0.1) is 18.8 Å². The van der Waals surface area contributed by atoms with Crippen molar-refractivity contribution in [2.75, 3.05) is 32.8 Å². The Balaban J connectivity index is 2.28. The molecule has 3 radical (unpaired) electrons. The summed E-state index contributed by atoms with van der Waals surface area (Å²) in [6.45, 7) is 8.79. The summed E-state index contributed by atoms with van der Waals surface area (Å²) in [4.78, 5) is 2.35. The molecule has 0 atom stereocenters. The van der Waals surface area contributed by atoms with Crippen LogP contribution in [0.2, 0.25) is 0 Å². The molecule has 4 heteroatoms. The van der Waals surface area contributed by atoms with Crippen molar-refractivity contribution in [1.29, 1.82) is 0 Å². The van der Waals surface area contributed by atoms with Crippen LogP contribution in [0, 0.1) is 0 Å². The SMILES string of the molecule is CC(C)(CN1CCOCC1)O[Si]. The topological polar surface area (TPSA) is 21.7 Å². The first kappa shape index (κ1) is 10.2. The summed E-state index contributed by atoms with van der Waals surface area (Å²) in [6.07, 6.45) is 0. The summed E-state index contributed by atoms with van der Waals surface area (Å²) in [7, 11) is 3.09. The summed E-state index contributed by atoms with van der Waals surface area (Å²) in [5.74, 6) is 0. The number of morpholine rings is 1. The van der Waals surface area contributed by atoms with E-state index < -0.39 is 0 Å². The molecule has 3 nitrogen and oxygen atoms in total. The fourth-order valence-corrected chi connectivity index (χ4v) is 1.39. The van der Waals surface area contributed by atoms with Gasteiger partial charge in [0.1, 0.15) is 0 Å². The fourth-order valence-electron chi connectivity index (χ4n) is 1.33. The van der Waals surface area contributed by atoms with Gasteiger partial charge in [-0.15, -0.1) is 0 Å². The minimum absolute atomic E-state index is 0.117. The lowest BCUT2D eigenvalue weighted by Crippen LogP contribution is -2.45. The van der Waals surface area contributed by atoms with Crippen LogP contribution in [0.25, 0.3) is 0 Å². The summed E-state index contributed by atoms with van der Waals surface area (Å²) in [5.41, 5.74) is -0.117. The van der Waals surface area contributed by atoms with E-state index in [-0.39, 0.29) is 5.60 Å². The van der Waals surface area contributed by atoms with Crippen LogP contribution < -0.4 is 0 Å². The average Bonchev–Trinajstić information content (AvgIpc) is 2.06. The van der Waals surface area contributed by atoms with Crippen molar-refractivity contribution in [1.82, 2.24) is 4.90 Å². The van der Waals surface area contributed by atoms with Gasteiger partial charge in [-0.05, 0) is 13.8 Å². The van der Waals surface area contributed by atoms with Crippen LogP contribution in [0.5, 0.6) is 0 Å². The van der Waals surface area contributed by atoms with Gasteiger partial charge in [0, 0.05) is 19.6 Å². The van der Waals surface area contributed by atoms with Crippen LogP contribution >= 0.6 is 0 Å². The summed E-state index contributed by atoms with van der Waals surface area (Å²) < 4.78 is 10.4. The van der Waals surface area contributed by atoms with Crippen molar-refractivity contribution in [3.05, 3.63) is 0 Å². The van der Waals surface area contributed by atoms with E-state index >= 15 is 0 Å². The van der Waals surface area contributed by atoms with Gasteiger partial charge in [0.25, 0.3) is 0 Å². The molecule has 0 aromatic rings. The summed E-state index contributed by atoms with van der Waals surface area (Å²) >= 11 is 0. The molecule has 0 amide bonds. The quantitative estimate of drug-likeness (QED) is 0.588. The van der Waals surface area contributed by atoms with Crippen molar-refractivity contribution in [2.24, 2.45) is 0 Å². The van der Waals surface area contributed by atoms with E-state index in [0.29, 0.717) is 0 Å². The Morgan fingerprint density at radius 1 is 1.42 bits per heavy atom. The maximum atomic E-state index is 5.25. The molecule has 1 aliphatic heterocycles. The third-order valence-corrected chi connectivity index (χ3v) is 2.54. The molecule has 1 rings (SSSR count). The molecule has 0 aromatic carbocycles. The molecule has 0 unspecified atom stereocenters. The van der Waals surface area contributed by atoms with Gasteiger partial charge in [-0.25, -0.2) is 0 Å². The van der Waals surface area contributed by atoms with Gasteiger partial charge in [0.2, 0.25) is 10.5 Å². The lowest BCUT2D eigenvalue weighted by Gasteiger charge is -2.34. The Bertz CT molecular complexity index is 135. The summed E-state index contributed by atoms with van der Waals surface area (Å²) in [5, 5.41) is 0. The van der Waals surface area contributed by atoms with Crippen molar-refractivity contribution in [3.8, 4) is 0 Å². The predicted molar refractivity (Wildman–Crippen MR) is 48.2 cm³/mol. The van der Waals surface area contributed by atoms with E-state index in [2.05, 4.69) is 29.2 Å². The highest BCUT2D eigenvalue weighted by molar-refractivity contribution is 5.98. The maximum absolute atomic E-state index is 5.25. The molecule has 12 heavy (non-hydrogen) atoms. The molecule has 0 aromatic heterocycles. The Labute approximate surface area is 77.6 Å². The van der Waals surface area contributed by atoms with Gasteiger partial charge >= 0.3 is 0 Å². The van der Waals surface area contributed by atoms with Crippen molar-refractivity contribution < 1.29 is 9.16 Å². The van der Waals surface area contributed by atoms with Crippen molar-refractivity contribution in [2.45, 2.75) is 19.4 Å². The van der Waals surface area contributed by atoms with Crippen LogP contribution in [0.15, 0.2) is 0 Å². The molecule has 0 bridgehead atoms. The van der Waals surface area contributed by atoms with Crippen LogP contribution in [0.3, 0.4) is 0 Å². The highest BCUT2D eigenvalue weighted by atomic mass is 28.2. The predicted octanol–water partition coefficient (Wildman–Crippen LogP) is 0.197. The van der Waals surface area contributed by atoms with E-state index in [9.17, 15) is 0 Å². The minimum Gasteiger partial charge on any atom is -0.412 e. The molecule has 1 aliphatic rings. The third kappa shape index (κ3) is 3.22. The molecule has 1 heterocycles. The molecule has 1 saturated heterocycles. The zero-order valence-corrected chi connectivity index (χ0v) is 8.80. The Hall–Kier alpha value is 0.0969. The second-order valence-electron chi connectivity index (χ2n) is 3.75. The molecule has 0 N–H and O–H groups in total. The van der Waals surface area contributed by atoms with Crippen LogP contribution in [0.4, 0.5) is 0 Å². The first-order valence-electron chi connectivity index (χ1n) is 4.29. The molecule has 0 aliphatic carbocycles. The fraction of sp³-hybridized carbons (Fsp3) is 1.00. The van der Waals surface area contributed by atoms with E-state index in [0.717, 1.165) is 32.8 Å². The zero-order chi connectivity index (χ0) is 9.03. The first-order chi connectivity index (χ1) is 5.64. The Morgan fingerprint density at radius 2 is 2.00 bits per heavy atom. The van der Waals surface area contributed by atoms with Gasteiger partial charge < -0.3 is 9.16 Å². The van der Waals surface area contributed by atoms with Crippen LogP contribution in [0.1, 0.15) is 13.8 Å². The highest BCUT2D eigenvalue weighted by Gasteiger charge is 2.21. The molecule has 69 valence electrons. The zero-order valence-electron chi connectivity index (χ0n) is 7.80. The Kier molecular flexibility index (Phi) is 3.70. The van der Waals surface area contributed by atoms with Crippen molar-refractivity contribution in [3.63, 3.8) is 0 Å². The second-order valence-corrected chi connectivity index (χ2v) is 3.95. The summed E-state index contributed by atoms with van der Waals surface area (Å²) in [6, 6.07) is 0.